The van der Waals surface area contributed by atoms with E-state index in [-0.39, 0.29) is 23.3 Å². The summed E-state index contributed by atoms with van der Waals surface area (Å²) in [6.45, 7) is 0.487. The molecule has 0 bridgehead atoms. The van der Waals surface area contributed by atoms with E-state index in [1.165, 1.54) is 6.07 Å². The van der Waals surface area contributed by atoms with Gasteiger partial charge in [-0.05, 0) is 55.6 Å². The number of nitrogens with two attached hydrogens (primary N) is 2. The summed E-state index contributed by atoms with van der Waals surface area (Å²) in [5, 5.41) is 22.3. The SMILES string of the molecule is NC[C@@H](N)C1CCC(CC(=O)N[C@H]2Cc3cccc(C(=O)O)c3OB2O)CC1. The largest absolute Gasteiger partial charge is 0.547 e. The molecule has 1 aliphatic carbocycles. The smallest absolute Gasteiger partial charge is 0.534 e. The van der Waals surface area contributed by atoms with E-state index in [0.717, 1.165) is 25.7 Å². The third-order valence-electron chi connectivity index (χ3n) is 5.94. The number of carboxylic acid groups (broad SMARTS) is 1. The van der Waals surface area contributed by atoms with E-state index in [2.05, 4.69) is 5.32 Å². The van der Waals surface area contributed by atoms with Gasteiger partial charge in [-0.2, -0.15) is 0 Å². The molecule has 0 radical (unpaired) electrons. The summed E-state index contributed by atoms with van der Waals surface area (Å²) in [4.78, 5) is 23.8. The molecular formula is C19H28BN3O5. The van der Waals surface area contributed by atoms with Gasteiger partial charge in [0.05, 0.1) is 11.5 Å². The quantitative estimate of drug-likeness (QED) is 0.440. The molecule has 0 saturated heterocycles. The van der Waals surface area contributed by atoms with E-state index in [9.17, 15) is 19.7 Å². The highest BCUT2D eigenvalue weighted by Crippen LogP contribution is 2.33. The molecular weight excluding hydrogens is 361 g/mol. The first-order valence-electron chi connectivity index (χ1n) is 9.84. The van der Waals surface area contributed by atoms with Crippen molar-refractivity contribution >= 4 is 19.0 Å². The molecule has 1 fully saturated rings. The van der Waals surface area contributed by atoms with Crippen molar-refractivity contribution in [1.82, 2.24) is 5.32 Å². The molecule has 1 aliphatic heterocycles. The zero-order valence-corrected chi connectivity index (χ0v) is 15.8. The van der Waals surface area contributed by atoms with Gasteiger partial charge in [0, 0.05) is 19.0 Å². The Hall–Kier alpha value is -2.10. The van der Waals surface area contributed by atoms with E-state index in [1.54, 1.807) is 12.1 Å². The highest BCUT2D eigenvalue weighted by Gasteiger charge is 2.38. The number of hydrogen-bond acceptors (Lipinski definition) is 6. The van der Waals surface area contributed by atoms with Gasteiger partial charge in [0.1, 0.15) is 5.75 Å². The molecule has 152 valence electrons. The molecule has 7 N–H and O–H groups in total. The molecule has 1 amide bonds. The normalized spacial score (nSPS) is 25.4. The summed E-state index contributed by atoms with van der Waals surface area (Å²) in [7, 11) is -1.28. The van der Waals surface area contributed by atoms with Gasteiger partial charge < -0.3 is 31.6 Å². The maximum atomic E-state index is 12.5. The topological polar surface area (TPSA) is 148 Å². The van der Waals surface area contributed by atoms with Gasteiger partial charge in [0.2, 0.25) is 5.91 Å². The zero-order valence-electron chi connectivity index (χ0n) is 15.8. The number of amides is 1. The van der Waals surface area contributed by atoms with Crippen LogP contribution < -0.4 is 21.4 Å². The van der Waals surface area contributed by atoms with Crippen LogP contribution in [0.15, 0.2) is 18.2 Å². The van der Waals surface area contributed by atoms with Gasteiger partial charge in [0.25, 0.3) is 0 Å². The number of benzene rings is 1. The first-order valence-corrected chi connectivity index (χ1v) is 9.84. The van der Waals surface area contributed by atoms with Crippen LogP contribution in [0.5, 0.6) is 5.75 Å². The van der Waals surface area contributed by atoms with Crippen molar-refractivity contribution in [2.45, 2.75) is 50.5 Å². The summed E-state index contributed by atoms with van der Waals surface area (Å²) >= 11 is 0. The van der Waals surface area contributed by atoms with Gasteiger partial charge in [-0.3, -0.25) is 4.79 Å². The molecule has 2 aliphatic rings. The first-order chi connectivity index (χ1) is 13.4. The van der Waals surface area contributed by atoms with Crippen molar-refractivity contribution in [3.63, 3.8) is 0 Å². The number of hydrogen-bond donors (Lipinski definition) is 5. The molecule has 0 unspecified atom stereocenters. The Bertz CT molecular complexity index is 724. The highest BCUT2D eigenvalue weighted by atomic mass is 16.5. The van der Waals surface area contributed by atoms with Crippen LogP contribution in [-0.4, -0.2) is 47.7 Å². The maximum Gasteiger partial charge on any atom is 0.547 e. The Morgan fingerprint density at radius 1 is 1.29 bits per heavy atom. The molecule has 1 saturated carbocycles. The lowest BCUT2D eigenvalue weighted by molar-refractivity contribution is -0.122. The van der Waals surface area contributed by atoms with Gasteiger partial charge >= 0.3 is 13.1 Å². The number of aromatic carboxylic acids is 1. The van der Waals surface area contributed by atoms with Crippen molar-refractivity contribution in [2.24, 2.45) is 23.3 Å². The number of fused-ring (bicyclic) bond motifs is 1. The van der Waals surface area contributed by atoms with Crippen LogP contribution in [0.1, 0.15) is 48.0 Å². The van der Waals surface area contributed by atoms with Crippen molar-refractivity contribution in [3.8, 4) is 5.75 Å². The summed E-state index contributed by atoms with van der Waals surface area (Å²) in [5.74, 6) is -0.950. The number of carbonyl (C=O) groups is 2. The third-order valence-corrected chi connectivity index (χ3v) is 5.94. The Morgan fingerprint density at radius 3 is 2.64 bits per heavy atom. The molecule has 0 spiro atoms. The second kappa shape index (κ2) is 8.94. The first kappa shape index (κ1) is 20.6. The number of nitrogens with one attached hydrogen (secondary N) is 1. The minimum absolute atomic E-state index is 0.00812. The lowest BCUT2D eigenvalue weighted by atomic mass is 9.72. The standard InChI is InChI=1S/C19H28BN3O5/c21-10-15(22)12-6-4-11(5-7-12)8-17(24)23-16-9-13-2-1-3-14(19(25)26)18(13)28-20(16)27/h1-3,11-12,15-16,27H,4-10,21-22H2,(H,23,24)(H,25,26)/t11?,12?,15-,16+/m1/s1. The van der Waals surface area contributed by atoms with E-state index < -0.39 is 19.0 Å². The molecule has 1 aromatic rings. The van der Waals surface area contributed by atoms with Crippen LogP contribution in [0.25, 0.3) is 0 Å². The Kier molecular flexibility index (Phi) is 6.59. The Balaban J connectivity index is 1.54. The maximum absolute atomic E-state index is 12.5. The summed E-state index contributed by atoms with van der Waals surface area (Å²) < 4.78 is 5.41. The molecule has 1 aromatic carbocycles. The lowest BCUT2D eigenvalue weighted by Gasteiger charge is -2.32. The number of rotatable bonds is 6. The Labute approximate surface area is 164 Å². The molecule has 3 rings (SSSR count). The molecule has 8 nitrogen and oxygen atoms in total. The number of para-hydroxylation sites is 1. The molecule has 0 aromatic heterocycles. The van der Waals surface area contributed by atoms with Crippen LogP contribution in [0.4, 0.5) is 0 Å². The predicted molar refractivity (Wildman–Crippen MR) is 105 cm³/mol. The van der Waals surface area contributed by atoms with Crippen molar-refractivity contribution < 1.29 is 24.4 Å². The number of carbonyl (C=O) groups excluding carboxylic acids is 1. The van der Waals surface area contributed by atoms with Crippen LogP contribution >= 0.6 is 0 Å². The molecule has 28 heavy (non-hydrogen) atoms. The van der Waals surface area contributed by atoms with Crippen molar-refractivity contribution in [2.75, 3.05) is 6.54 Å². The van der Waals surface area contributed by atoms with E-state index >= 15 is 0 Å². The second-order valence-corrected chi connectivity index (χ2v) is 7.87. The average Bonchev–Trinajstić information content (AvgIpc) is 2.68. The predicted octanol–water partition coefficient (Wildman–Crippen LogP) is 0.307. The van der Waals surface area contributed by atoms with E-state index in [0.29, 0.717) is 36.8 Å². The molecule has 2 atom stereocenters. The van der Waals surface area contributed by atoms with Crippen LogP contribution in [-0.2, 0) is 11.2 Å². The molecule has 1 heterocycles. The van der Waals surface area contributed by atoms with Gasteiger partial charge in [-0.15, -0.1) is 0 Å². The summed E-state index contributed by atoms with van der Waals surface area (Å²) in [6, 6.07) is 4.83. The Morgan fingerprint density at radius 2 is 2.00 bits per heavy atom. The second-order valence-electron chi connectivity index (χ2n) is 7.87. The van der Waals surface area contributed by atoms with Crippen LogP contribution in [0.3, 0.4) is 0 Å². The number of carboxylic acids is 1. The molecule has 9 heteroatoms. The van der Waals surface area contributed by atoms with Crippen molar-refractivity contribution in [3.05, 3.63) is 29.3 Å². The van der Waals surface area contributed by atoms with Gasteiger partial charge in [-0.1, -0.05) is 12.1 Å². The monoisotopic (exact) mass is 389 g/mol. The summed E-state index contributed by atoms with van der Waals surface area (Å²) in [5.41, 5.74) is 12.3. The lowest BCUT2D eigenvalue weighted by Crippen LogP contribution is -2.53. The van der Waals surface area contributed by atoms with Gasteiger partial charge in [-0.25, -0.2) is 4.79 Å². The van der Waals surface area contributed by atoms with Crippen LogP contribution in [0.2, 0.25) is 0 Å². The summed E-state index contributed by atoms with van der Waals surface area (Å²) in [6.07, 6.45) is 4.57. The van der Waals surface area contributed by atoms with Crippen LogP contribution in [0, 0.1) is 11.8 Å². The fourth-order valence-electron chi connectivity index (χ4n) is 4.26. The zero-order chi connectivity index (χ0) is 20.3. The third kappa shape index (κ3) is 4.66. The fourth-order valence-corrected chi connectivity index (χ4v) is 4.26. The highest BCUT2D eigenvalue weighted by molar-refractivity contribution is 6.47. The van der Waals surface area contributed by atoms with Crippen molar-refractivity contribution in [1.29, 1.82) is 0 Å². The van der Waals surface area contributed by atoms with Gasteiger partial charge in [0.15, 0.2) is 0 Å². The fraction of sp³-hybridized carbons (Fsp3) is 0.579. The van der Waals surface area contributed by atoms with E-state index in [4.69, 9.17) is 16.1 Å². The minimum Gasteiger partial charge on any atom is -0.534 e. The average molecular weight is 389 g/mol. The van der Waals surface area contributed by atoms with E-state index in [1.807, 2.05) is 0 Å². The minimum atomic E-state index is -1.28.